The number of hydrogen-bond acceptors (Lipinski definition) is 2. The molecule has 1 rings (SSSR count). The highest BCUT2D eigenvalue weighted by atomic mass is 16.6. The Morgan fingerprint density at radius 3 is 2.38 bits per heavy atom. The third-order valence-electron chi connectivity index (χ3n) is 2.16. The Bertz CT molecular complexity index is 201. The van der Waals surface area contributed by atoms with Crippen LogP contribution < -0.4 is 5.32 Å². The van der Waals surface area contributed by atoms with E-state index in [-0.39, 0.29) is 6.09 Å². The Hall–Kier alpha value is -0.730. The standard InChI is InChI=1S/C10H19NO2/c1-9(2,3)13-8(12)11-7-10(4)5-6-10/h5-7H2,1-4H3,(H,11,12). The molecule has 1 fully saturated rings. The molecule has 1 aliphatic rings. The van der Waals surface area contributed by atoms with E-state index >= 15 is 0 Å². The van der Waals surface area contributed by atoms with Gasteiger partial charge in [0.15, 0.2) is 0 Å². The molecule has 0 atom stereocenters. The van der Waals surface area contributed by atoms with Gasteiger partial charge in [-0.05, 0) is 39.0 Å². The average molecular weight is 185 g/mol. The van der Waals surface area contributed by atoms with E-state index in [1.54, 1.807) is 0 Å². The lowest BCUT2D eigenvalue weighted by Crippen LogP contribution is -2.35. The van der Waals surface area contributed by atoms with Crippen LogP contribution in [0.5, 0.6) is 0 Å². The first-order valence-electron chi connectivity index (χ1n) is 4.78. The molecule has 3 nitrogen and oxygen atoms in total. The maximum Gasteiger partial charge on any atom is 0.407 e. The molecule has 3 heteroatoms. The number of carbonyl (C=O) groups is 1. The Kier molecular flexibility index (Phi) is 2.55. The molecule has 0 bridgehead atoms. The van der Waals surface area contributed by atoms with Crippen molar-refractivity contribution in [1.82, 2.24) is 5.32 Å². The SMILES string of the molecule is CC1(CNC(=O)OC(C)(C)C)CC1. The lowest BCUT2D eigenvalue weighted by molar-refractivity contribution is 0.0518. The second-order valence-electron chi connectivity index (χ2n) is 5.17. The van der Waals surface area contributed by atoms with Crippen LogP contribution in [0.25, 0.3) is 0 Å². The Balaban J connectivity index is 2.18. The van der Waals surface area contributed by atoms with Crippen LogP contribution in [-0.2, 0) is 4.74 Å². The fraction of sp³-hybridized carbons (Fsp3) is 0.900. The molecule has 0 aromatic heterocycles. The predicted octanol–water partition coefficient (Wildman–Crippen LogP) is 2.31. The number of alkyl carbamates (subject to hydrolysis) is 1. The fourth-order valence-corrected chi connectivity index (χ4v) is 0.990. The first kappa shape index (κ1) is 10.4. The quantitative estimate of drug-likeness (QED) is 0.717. The van der Waals surface area contributed by atoms with Crippen LogP contribution in [0.1, 0.15) is 40.5 Å². The van der Waals surface area contributed by atoms with Crippen LogP contribution in [0, 0.1) is 5.41 Å². The van der Waals surface area contributed by atoms with E-state index in [0.29, 0.717) is 5.41 Å². The normalized spacial score (nSPS) is 19.4. The summed E-state index contributed by atoms with van der Waals surface area (Å²) >= 11 is 0. The highest BCUT2D eigenvalue weighted by molar-refractivity contribution is 5.67. The lowest BCUT2D eigenvalue weighted by Gasteiger charge is -2.20. The molecule has 0 saturated heterocycles. The van der Waals surface area contributed by atoms with Gasteiger partial charge in [-0.2, -0.15) is 0 Å². The highest BCUT2D eigenvalue weighted by Gasteiger charge is 2.37. The van der Waals surface area contributed by atoms with E-state index in [4.69, 9.17) is 4.74 Å². The predicted molar refractivity (Wildman–Crippen MR) is 51.6 cm³/mol. The molecule has 0 spiro atoms. The third kappa shape index (κ3) is 4.15. The number of amides is 1. The van der Waals surface area contributed by atoms with E-state index in [1.165, 1.54) is 12.8 Å². The van der Waals surface area contributed by atoms with Crippen molar-refractivity contribution in [2.75, 3.05) is 6.54 Å². The van der Waals surface area contributed by atoms with Crippen molar-refractivity contribution in [2.24, 2.45) is 5.41 Å². The summed E-state index contributed by atoms with van der Waals surface area (Å²) in [6.45, 7) is 8.51. The van der Waals surface area contributed by atoms with Gasteiger partial charge in [-0.1, -0.05) is 6.92 Å². The maximum atomic E-state index is 11.2. The minimum atomic E-state index is -0.394. The number of hydrogen-bond donors (Lipinski definition) is 1. The molecule has 1 N–H and O–H groups in total. The summed E-state index contributed by atoms with van der Waals surface area (Å²) in [7, 11) is 0. The van der Waals surface area contributed by atoms with Crippen LogP contribution in [0.15, 0.2) is 0 Å². The molecule has 76 valence electrons. The molecule has 0 radical (unpaired) electrons. The Labute approximate surface area is 79.8 Å². The Morgan fingerprint density at radius 2 is 2.00 bits per heavy atom. The van der Waals surface area contributed by atoms with E-state index in [9.17, 15) is 4.79 Å². The van der Waals surface area contributed by atoms with Gasteiger partial charge in [-0.3, -0.25) is 0 Å². The van der Waals surface area contributed by atoms with E-state index in [2.05, 4.69) is 12.2 Å². The van der Waals surface area contributed by atoms with Crippen molar-refractivity contribution in [1.29, 1.82) is 0 Å². The van der Waals surface area contributed by atoms with Crippen molar-refractivity contribution in [3.63, 3.8) is 0 Å². The summed E-state index contributed by atoms with van der Waals surface area (Å²) in [5, 5.41) is 2.78. The van der Waals surface area contributed by atoms with E-state index < -0.39 is 5.60 Å². The molecule has 13 heavy (non-hydrogen) atoms. The van der Waals surface area contributed by atoms with Crippen molar-refractivity contribution < 1.29 is 9.53 Å². The van der Waals surface area contributed by atoms with Gasteiger partial charge in [0.05, 0.1) is 0 Å². The van der Waals surface area contributed by atoms with Gasteiger partial charge in [0.25, 0.3) is 0 Å². The molecule has 1 amide bonds. The summed E-state index contributed by atoms with van der Waals surface area (Å²) in [6.07, 6.45) is 2.12. The van der Waals surface area contributed by atoms with Gasteiger partial charge in [-0.15, -0.1) is 0 Å². The van der Waals surface area contributed by atoms with Gasteiger partial charge < -0.3 is 10.1 Å². The molecular weight excluding hydrogens is 166 g/mol. The van der Waals surface area contributed by atoms with Crippen molar-refractivity contribution >= 4 is 6.09 Å². The molecule has 0 aromatic carbocycles. The van der Waals surface area contributed by atoms with E-state index in [0.717, 1.165) is 6.54 Å². The first-order chi connectivity index (χ1) is 5.81. The second kappa shape index (κ2) is 3.20. The summed E-state index contributed by atoms with van der Waals surface area (Å²) in [5.74, 6) is 0. The number of nitrogens with one attached hydrogen (secondary N) is 1. The fourth-order valence-electron chi connectivity index (χ4n) is 0.990. The zero-order valence-corrected chi connectivity index (χ0v) is 8.94. The molecular formula is C10H19NO2. The van der Waals surface area contributed by atoms with Gasteiger partial charge in [0.1, 0.15) is 5.60 Å². The number of ether oxygens (including phenoxy) is 1. The molecule has 0 aliphatic heterocycles. The van der Waals surface area contributed by atoms with Crippen molar-refractivity contribution in [2.45, 2.75) is 46.1 Å². The molecule has 1 aliphatic carbocycles. The van der Waals surface area contributed by atoms with Crippen LogP contribution in [-0.4, -0.2) is 18.2 Å². The monoisotopic (exact) mass is 185 g/mol. The van der Waals surface area contributed by atoms with E-state index in [1.807, 2.05) is 20.8 Å². The second-order valence-corrected chi connectivity index (χ2v) is 5.17. The van der Waals surface area contributed by atoms with Gasteiger partial charge >= 0.3 is 6.09 Å². The molecule has 0 unspecified atom stereocenters. The first-order valence-corrected chi connectivity index (χ1v) is 4.78. The summed E-state index contributed by atoms with van der Waals surface area (Å²) in [5.41, 5.74) is -0.0502. The van der Waals surface area contributed by atoms with Crippen LogP contribution in [0.4, 0.5) is 4.79 Å². The minimum Gasteiger partial charge on any atom is -0.444 e. The van der Waals surface area contributed by atoms with Crippen molar-refractivity contribution in [3.05, 3.63) is 0 Å². The van der Waals surface area contributed by atoms with Crippen LogP contribution in [0.3, 0.4) is 0 Å². The zero-order chi connectivity index (χ0) is 10.1. The summed E-state index contributed by atoms with van der Waals surface area (Å²) in [6, 6.07) is 0. The van der Waals surface area contributed by atoms with Crippen LogP contribution in [0.2, 0.25) is 0 Å². The van der Waals surface area contributed by atoms with Crippen molar-refractivity contribution in [3.8, 4) is 0 Å². The largest absolute Gasteiger partial charge is 0.444 e. The Morgan fingerprint density at radius 1 is 1.46 bits per heavy atom. The average Bonchev–Trinajstić information content (AvgIpc) is 2.62. The van der Waals surface area contributed by atoms with Gasteiger partial charge in [0, 0.05) is 6.54 Å². The molecule has 0 aromatic rings. The number of carbonyl (C=O) groups excluding carboxylic acids is 1. The zero-order valence-electron chi connectivity index (χ0n) is 8.94. The molecule has 1 saturated carbocycles. The minimum absolute atomic E-state index is 0.305. The topological polar surface area (TPSA) is 38.3 Å². The smallest absolute Gasteiger partial charge is 0.407 e. The lowest BCUT2D eigenvalue weighted by atomic mass is 10.1. The van der Waals surface area contributed by atoms with Crippen LogP contribution >= 0.6 is 0 Å². The summed E-state index contributed by atoms with van der Waals surface area (Å²) in [4.78, 5) is 11.2. The highest BCUT2D eigenvalue weighted by Crippen LogP contribution is 2.44. The molecule has 0 heterocycles. The third-order valence-corrected chi connectivity index (χ3v) is 2.16. The maximum absolute atomic E-state index is 11.2. The van der Waals surface area contributed by atoms with Gasteiger partial charge in [-0.25, -0.2) is 4.79 Å². The number of rotatable bonds is 2. The van der Waals surface area contributed by atoms with Gasteiger partial charge in [0.2, 0.25) is 0 Å². The summed E-state index contributed by atoms with van der Waals surface area (Å²) < 4.78 is 5.11.